The fourth-order valence-electron chi connectivity index (χ4n) is 9.41. The maximum Gasteiger partial charge on any atom is 0.488 e. The van der Waals surface area contributed by atoms with Gasteiger partial charge in [-0.15, -0.1) is 0 Å². The molecule has 0 radical (unpaired) electrons. The van der Waals surface area contributed by atoms with Gasteiger partial charge in [-0.3, -0.25) is 24.6 Å². The minimum absolute atomic E-state index is 0.126. The number of hydrogen-bond donors (Lipinski definition) is 3. The molecule has 0 aromatic heterocycles. The van der Waals surface area contributed by atoms with Gasteiger partial charge in [0, 0.05) is 69.2 Å². The summed E-state index contributed by atoms with van der Waals surface area (Å²) in [5.41, 5.74) is 10.3. The molecule has 3 fully saturated rings. The summed E-state index contributed by atoms with van der Waals surface area (Å²) < 4.78 is 0. The van der Waals surface area contributed by atoms with Gasteiger partial charge in [-0.25, -0.2) is 0 Å². The van der Waals surface area contributed by atoms with E-state index in [1.54, 1.807) is 17.0 Å². The van der Waals surface area contributed by atoms with Crippen LogP contribution in [0.25, 0.3) is 11.1 Å². The summed E-state index contributed by atoms with van der Waals surface area (Å²) >= 11 is 0. The van der Waals surface area contributed by atoms with Crippen molar-refractivity contribution in [3.63, 3.8) is 0 Å². The van der Waals surface area contributed by atoms with Crippen LogP contribution in [-0.4, -0.2) is 96.5 Å². The number of carbonyl (C=O) groups is 3. The monoisotopic (exact) mass is 779 g/mol. The van der Waals surface area contributed by atoms with Crippen molar-refractivity contribution in [3.8, 4) is 0 Å². The van der Waals surface area contributed by atoms with Crippen LogP contribution in [-0.2, 0) is 16.1 Å². The Morgan fingerprint density at radius 2 is 1.40 bits per heavy atom. The standard InChI is InChI=1S/C47H54BN5O5/c1-2-41(34-8-4-3-5-9-34)45(35-10-14-38(15-11-35)48(57)58)36-12-16-39(17-13-36)51-25-22-33(23-26-51)7-6-24-50-27-29-52(30-28-50)40-18-19-42-37(31-40)32-53(47(42)56)43-20-21-44(54)49-46(43)55/h3-5,8-19,31,33,43,57-58H,2,6-7,20-30,32H2,1H3,(H,49,54,55)/b45-41+. The lowest BCUT2D eigenvalue weighted by Gasteiger charge is -2.37. The smallest absolute Gasteiger partial charge is 0.423 e. The topological polar surface area (TPSA) is 117 Å². The van der Waals surface area contributed by atoms with E-state index in [1.807, 2.05) is 30.3 Å². The Labute approximate surface area is 342 Å². The predicted molar refractivity (Wildman–Crippen MR) is 231 cm³/mol. The molecule has 58 heavy (non-hydrogen) atoms. The van der Waals surface area contributed by atoms with Gasteiger partial charge in [0.25, 0.3) is 5.91 Å². The van der Waals surface area contributed by atoms with Crippen molar-refractivity contribution >= 4 is 52.8 Å². The van der Waals surface area contributed by atoms with E-state index in [-0.39, 0.29) is 24.1 Å². The number of allylic oxidation sites excluding steroid dienone is 1. The van der Waals surface area contributed by atoms with Gasteiger partial charge in [-0.05, 0) is 120 Å². The largest absolute Gasteiger partial charge is 0.488 e. The molecule has 4 aromatic rings. The van der Waals surface area contributed by atoms with Gasteiger partial charge in [-0.2, -0.15) is 0 Å². The fraction of sp³-hybridized carbons (Fsp3) is 0.383. The molecule has 0 saturated carbocycles. The maximum atomic E-state index is 13.1. The highest BCUT2D eigenvalue weighted by Gasteiger charge is 2.39. The van der Waals surface area contributed by atoms with E-state index in [2.05, 4.69) is 81.5 Å². The first kappa shape index (κ1) is 39.6. The zero-order valence-electron chi connectivity index (χ0n) is 33.5. The lowest BCUT2D eigenvalue weighted by atomic mass is 9.79. The SMILES string of the molecule is CC/C(=C(/c1ccc(B(O)O)cc1)c1ccc(N2CCC(CCCN3CCN(c4ccc5c(c4)CN(C4CCC(=O)NC4=O)C5=O)CC3)CC2)cc1)c1ccccc1. The summed E-state index contributed by atoms with van der Waals surface area (Å²) in [5.74, 6) is -0.0209. The number of benzene rings is 4. The summed E-state index contributed by atoms with van der Waals surface area (Å²) in [4.78, 5) is 46.4. The van der Waals surface area contributed by atoms with Gasteiger partial charge in [0.05, 0.1) is 0 Å². The van der Waals surface area contributed by atoms with E-state index in [0.29, 0.717) is 24.0 Å². The van der Waals surface area contributed by atoms with Crippen molar-refractivity contribution in [2.24, 2.45) is 5.92 Å². The van der Waals surface area contributed by atoms with E-state index in [0.717, 1.165) is 80.5 Å². The summed E-state index contributed by atoms with van der Waals surface area (Å²) in [7, 11) is -1.49. The molecule has 1 atom stereocenters. The van der Waals surface area contributed by atoms with E-state index in [9.17, 15) is 24.4 Å². The molecular formula is C47H54BN5O5. The van der Waals surface area contributed by atoms with Crippen LogP contribution < -0.4 is 20.6 Å². The van der Waals surface area contributed by atoms with Crippen LogP contribution in [0.4, 0.5) is 11.4 Å². The third-order valence-electron chi connectivity index (χ3n) is 12.7. The van der Waals surface area contributed by atoms with Crippen LogP contribution >= 0.6 is 0 Å². The summed E-state index contributed by atoms with van der Waals surface area (Å²) in [6, 6.07) is 32.6. The zero-order valence-corrected chi connectivity index (χ0v) is 33.5. The molecule has 4 aliphatic rings. The Morgan fingerprint density at radius 1 is 0.741 bits per heavy atom. The Hall–Kier alpha value is -5.23. The average Bonchev–Trinajstić information content (AvgIpc) is 3.58. The molecule has 4 aliphatic heterocycles. The van der Waals surface area contributed by atoms with Gasteiger partial charge in [0.1, 0.15) is 6.04 Å². The molecule has 4 heterocycles. The number of rotatable bonds is 12. The van der Waals surface area contributed by atoms with Gasteiger partial charge in [0.15, 0.2) is 0 Å². The number of nitrogens with one attached hydrogen (secondary N) is 1. The first-order chi connectivity index (χ1) is 28.2. The van der Waals surface area contributed by atoms with Crippen LogP contribution in [0.3, 0.4) is 0 Å². The number of imide groups is 1. The van der Waals surface area contributed by atoms with Crippen LogP contribution in [0.15, 0.2) is 97.1 Å². The molecule has 11 heteroatoms. The van der Waals surface area contributed by atoms with Crippen LogP contribution in [0.2, 0.25) is 0 Å². The molecule has 10 nitrogen and oxygen atoms in total. The summed E-state index contributed by atoms with van der Waals surface area (Å²) in [5, 5.41) is 21.8. The average molecular weight is 780 g/mol. The van der Waals surface area contributed by atoms with Crippen molar-refractivity contribution in [1.82, 2.24) is 15.1 Å². The molecule has 3 N–H and O–H groups in total. The molecule has 0 aliphatic carbocycles. The minimum Gasteiger partial charge on any atom is -0.423 e. The molecule has 0 spiro atoms. The minimum atomic E-state index is -1.49. The second-order valence-corrected chi connectivity index (χ2v) is 16.3. The Kier molecular flexibility index (Phi) is 12.1. The number of nitrogens with zero attached hydrogens (tertiary/aromatic N) is 4. The molecule has 4 aromatic carbocycles. The van der Waals surface area contributed by atoms with E-state index < -0.39 is 13.2 Å². The number of carbonyl (C=O) groups excluding carboxylic acids is 3. The van der Waals surface area contributed by atoms with E-state index in [4.69, 9.17) is 0 Å². The molecule has 300 valence electrons. The van der Waals surface area contributed by atoms with Crippen LogP contribution in [0.1, 0.15) is 84.5 Å². The lowest BCUT2D eigenvalue weighted by Crippen LogP contribution is -2.52. The van der Waals surface area contributed by atoms with Crippen molar-refractivity contribution in [3.05, 3.63) is 125 Å². The number of piperidine rings is 2. The predicted octanol–water partition coefficient (Wildman–Crippen LogP) is 5.32. The molecule has 0 bridgehead atoms. The highest BCUT2D eigenvalue weighted by Crippen LogP contribution is 2.36. The molecule has 3 saturated heterocycles. The lowest BCUT2D eigenvalue weighted by molar-refractivity contribution is -0.136. The molecule has 8 rings (SSSR count). The van der Waals surface area contributed by atoms with Gasteiger partial charge >= 0.3 is 7.12 Å². The number of anilines is 2. The van der Waals surface area contributed by atoms with Crippen molar-refractivity contribution in [2.75, 3.05) is 55.6 Å². The number of hydrogen-bond acceptors (Lipinski definition) is 8. The third kappa shape index (κ3) is 8.62. The number of fused-ring (bicyclic) bond motifs is 1. The number of amides is 3. The summed E-state index contributed by atoms with van der Waals surface area (Å²) in [6.45, 7) is 9.79. The Bertz CT molecular complexity index is 2130. The third-order valence-corrected chi connectivity index (χ3v) is 12.7. The van der Waals surface area contributed by atoms with E-state index >= 15 is 0 Å². The highest BCUT2D eigenvalue weighted by molar-refractivity contribution is 6.58. The molecule has 3 amide bonds. The number of piperazine rings is 1. The van der Waals surface area contributed by atoms with Crippen molar-refractivity contribution < 1.29 is 24.4 Å². The zero-order chi connectivity index (χ0) is 40.2. The van der Waals surface area contributed by atoms with Crippen molar-refractivity contribution in [1.29, 1.82) is 0 Å². The molecular weight excluding hydrogens is 725 g/mol. The van der Waals surface area contributed by atoms with Gasteiger partial charge < -0.3 is 24.7 Å². The highest BCUT2D eigenvalue weighted by atomic mass is 16.4. The first-order valence-corrected chi connectivity index (χ1v) is 21.1. The second-order valence-electron chi connectivity index (χ2n) is 16.3. The van der Waals surface area contributed by atoms with Crippen LogP contribution in [0.5, 0.6) is 0 Å². The quantitative estimate of drug-likeness (QED) is 0.101. The normalized spacial score (nSPS) is 19.6. The van der Waals surface area contributed by atoms with Gasteiger partial charge in [-0.1, -0.05) is 73.7 Å². The molecule has 1 unspecified atom stereocenters. The first-order valence-electron chi connectivity index (χ1n) is 21.1. The Balaban J connectivity index is 0.807. The van der Waals surface area contributed by atoms with Crippen molar-refractivity contribution in [2.45, 2.75) is 64.5 Å². The fourth-order valence-corrected chi connectivity index (χ4v) is 9.41. The second kappa shape index (κ2) is 17.7. The van der Waals surface area contributed by atoms with Gasteiger partial charge in [0.2, 0.25) is 11.8 Å². The maximum absolute atomic E-state index is 13.1. The Morgan fingerprint density at radius 3 is 2.05 bits per heavy atom. The van der Waals surface area contributed by atoms with Crippen LogP contribution in [0, 0.1) is 5.92 Å². The van der Waals surface area contributed by atoms with E-state index in [1.165, 1.54) is 48.1 Å². The summed E-state index contributed by atoms with van der Waals surface area (Å²) in [6.07, 6.45) is 6.39.